The van der Waals surface area contributed by atoms with Crippen LogP contribution >= 0.6 is 15.9 Å². The fraction of sp³-hybridized carbons (Fsp3) is 0. The molecule has 0 aliphatic carbocycles. The Kier molecular flexibility index (Phi) is 3.43. The molecule has 2 aromatic rings. The monoisotopic (exact) mass is 311 g/mol. The van der Waals surface area contributed by atoms with Gasteiger partial charge in [-0.15, -0.1) is 0 Å². The van der Waals surface area contributed by atoms with E-state index in [9.17, 15) is 13.6 Å². The number of hydrogen-bond acceptors (Lipinski definition) is 2. The highest BCUT2D eigenvalue weighted by Crippen LogP contribution is 2.23. The Balaban J connectivity index is 2.55. The van der Waals surface area contributed by atoms with E-state index < -0.39 is 17.4 Å². The summed E-state index contributed by atoms with van der Waals surface area (Å²) in [6.45, 7) is 0. The second kappa shape index (κ2) is 4.86. The summed E-state index contributed by atoms with van der Waals surface area (Å²) in [4.78, 5) is 12.1. The molecule has 0 bridgehead atoms. The molecule has 0 heterocycles. The molecule has 0 saturated carbocycles. The number of carbonyl (C=O) groups excluding carboxylic acids is 1. The molecule has 0 fully saturated rings. The van der Waals surface area contributed by atoms with Crippen LogP contribution in [0.1, 0.15) is 15.9 Å². The molecule has 2 N–H and O–H groups in total. The van der Waals surface area contributed by atoms with E-state index in [1.165, 1.54) is 24.3 Å². The van der Waals surface area contributed by atoms with E-state index in [0.717, 1.165) is 6.07 Å². The van der Waals surface area contributed by atoms with Gasteiger partial charge in [-0.2, -0.15) is 0 Å². The third kappa shape index (κ3) is 2.26. The molecule has 0 aromatic heterocycles. The number of nitrogens with two attached hydrogens (primary N) is 1. The lowest BCUT2D eigenvalue weighted by Crippen LogP contribution is -2.08. The van der Waals surface area contributed by atoms with Gasteiger partial charge in [0.25, 0.3) is 0 Å². The summed E-state index contributed by atoms with van der Waals surface area (Å²) in [5, 5.41) is 0. The summed E-state index contributed by atoms with van der Waals surface area (Å²) in [5.74, 6) is -2.87. The van der Waals surface area contributed by atoms with Crippen molar-refractivity contribution in [2.75, 3.05) is 5.73 Å². The van der Waals surface area contributed by atoms with Gasteiger partial charge in [-0.3, -0.25) is 4.79 Å². The molecule has 0 aliphatic rings. The molecule has 5 heteroatoms. The van der Waals surface area contributed by atoms with E-state index in [0.29, 0.717) is 4.47 Å². The van der Waals surface area contributed by atoms with Crippen LogP contribution in [0, 0.1) is 11.6 Å². The molecular weight excluding hydrogens is 304 g/mol. The summed E-state index contributed by atoms with van der Waals surface area (Å²) < 4.78 is 27.2. The molecule has 2 rings (SSSR count). The molecule has 0 atom stereocenters. The number of rotatable bonds is 2. The fourth-order valence-corrected chi connectivity index (χ4v) is 1.91. The lowest BCUT2D eigenvalue weighted by Gasteiger charge is -2.06. The van der Waals surface area contributed by atoms with E-state index in [1.807, 2.05) is 0 Å². The minimum atomic E-state index is -1.16. The summed E-state index contributed by atoms with van der Waals surface area (Å²) in [5.41, 5.74) is 5.67. The van der Waals surface area contributed by atoms with Gasteiger partial charge in [-0.25, -0.2) is 8.78 Å². The molecular formula is C13H8BrF2NO. The molecule has 0 amide bonds. The predicted octanol–water partition coefficient (Wildman–Crippen LogP) is 3.54. The first-order chi connectivity index (χ1) is 8.50. The van der Waals surface area contributed by atoms with E-state index in [-0.39, 0.29) is 16.8 Å². The predicted molar refractivity (Wildman–Crippen MR) is 68.3 cm³/mol. The molecule has 18 heavy (non-hydrogen) atoms. The van der Waals surface area contributed by atoms with Crippen LogP contribution in [0.2, 0.25) is 0 Å². The van der Waals surface area contributed by atoms with Crippen LogP contribution in [-0.4, -0.2) is 5.78 Å². The lowest BCUT2D eigenvalue weighted by atomic mass is 10.0. The van der Waals surface area contributed by atoms with Gasteiger partial charge in [0.15, 0.2) is 17.4 Å². The average molecular weight is 312 g/mol. The standard InChI is InChI=1S/C13H8BrF2NO/c14-7-4-5-11(17)9(6-7)13(18)8-2-1-3-10(15)12(8)16/h1-6H,17H2. The van der Waals surface area contributed by atoms with Gasteiger partial charge in [-0.1, -0.05) is 22.0 Å². The SMILES string of the molecule is Nc1ccc(Br)cc1C(=O)c1cccc(F)c1F. The van der Waals surface area contributed by atoms with Gasteiger partial charge in [0, 0.05) is 15.7 Å². The van der Waals surface area contributed by atoms with E-state index >= 15 is 0 Å². The Hall–Kier alpha value is -1.75. The Morgan fingerprint density at radius 3 is 2.56 bits per heavy atom. The molecule has 92 valence electrons. The number of halogens is 3. The summed E-state index contributed by atoms with van der Waals surface area (Å²) in [7, 11) is 0. The summed E-state index contributed by atoms with van der Waals surface area (Å²) in [6, 6.07) is 8.11. The molecule has 0 aliphatic heterocycles. The van der Waals surface area contributed by atoms with Crippen molar-refractivity contribution in [2.45, 2.75) is 0 Å². The number of nitrogen functional groups attached to an aromatic ring is 1. The number of benzene rings is 2. The first kappa shape index (κ1) is 12.7. The second-order valence-corrected chi connectivity index (χ2v) is 4.58. The molecule has 0 saturated heterocycles. The van der Waals surface area contributed by atoms with E-state index in [4.69, 9.17) is 5.73 Å². The molecule has 0 radical (unpaired) electrons. The zero-order valence-corrected chi connectivity index (χ0v) is 10.7. The Morgan fingerprint density at radius 2 is 1.83 bits per heavy atom. The van der Waals surface area contributed by atoms with Crippen molar-refractivity contribution in [3.63, 3.8) is 0 Å². The Labute approximate surface area is 111 Å². The zero-order chi connectivity index (χ0) is 13.3. The molecule has 2 nitrogen and oxygen atoms in total. The number of anilines is 1. The Morgan fingerprint density at radius 1 is 1.11 bits per heavy atom. The van der Waals surface area contributed by atoms with Crippen molar-refractivity contribution in [3.8, 4) is 0 Å². The first-order valence-electron chi connectivity index (χ1n) is 5.04. The zero-order valence-electron chi connectivity index (χ0n) is 9.08. The minimum absolute atomic E-state index is 0.133. The van der Waals surface area contributed by atoms with Crippen molar-refractivity contribution in [1.82, 2.24) is 0 Å². The third-order valence-corrected chi connectivity index (χ3v) is 2.95. The highest BCUT2D eigenvalue weighted by molar-refractivity contribution is 9.10. The number of hydrogen-bond donors (Lipinski definition) is 1. The van der Waals surface area contributed by atoms with Gasteiger partial charge in [-0.05, 0) is 30.3 Å². The summed E-state index contributed by atoms with van der Waals surface area (Å²) >= 11 is 3.19. The quantitative estimate of drug-likeness (QED) is 0.681. The lowest BCUT2D eigenvalue weighted by molar-refractivity contribution is 0.103. The van der Waals surface area contributed by atoms with Crippen LogP contribution in [0.15, 0.2) is 40.9 Å². The van der Waals surface area contributed by atoms with Crippen molar-refractivity contribution in [1.29, 1.82) is 0 Å². The van der Waals surface area contributed by atoms with Crippen LogP contribution in [0.3, 0.4) is 0 Å². The van der Waals surface area contributed by atoms with E-state index in [1.54, 1.807) is 6.07 Å². The largest absolute Gasteiger partial charge is 0.398 e. The number of ketones is 1. The first-order valence-corrected chi connectivity index (χ1v) is 5.83. The van der Waals surface area contributed by atoms with Crippen LogP contribution in [0.4, 0.5) is 14.5 Å². The van der Waals surface area contributed by atoms with Crippen molar-refractivity contribution >= 4 is 27.4 Å². The smallest absolute Gasteiger partial charge is 0.198 e. The second-order valence-electron chi connectivity index (χ2n) is 3.66. The highest BCUT2D eigenvalue weighted by Gasteiger charge is 2.18. The maximum absolute atomic E-state index is 13.5. The van der Waals surface area contributed by atoms with Gasteiger partial charge < -0.3 is 5.73 Å². The van der Waals surface area contributed by atoms with Crippen molar-refractivity contribution < 1.29 is 13.6 Å². The third-order valence-electron chi connectivity index (χ3n) is 2.46. The fourth-order valence-electron chi connectivity index (χ4n) is 1.55. The van der Waals surface area contributed by atoms with Gasteiger partial charge in [0.05, 0.1) is 5.56 Å². The topological polar surface area (TPSA) is 43.1 Å². The maximum atomic E-state index is 13.5. The highest BCUT2D eigenvalue weighted by atomic mass is 79.9. The molecule has 2 aromatic carbocycles. The number of carbonyl (C=O) groups is 1. The van der Waals surface area contributed by atoms with Crippen LogP contribution in [0.5, 0.6) is 0 Å². The van der Waals surface area contributed by atoms with Crippen molar-refractivity contribution in [2.24, 2.45) is 0 Å². The van der Waals surface area contributed by atoms with Gasteiger partial charge in [0.2, 0.25) is 0 Å². The van der Waals surface area contributed by atoms with E-state index in [2.05, 4.69) is 15.9 Å². The normalized spacial score (nSPS) is 10.4. The van der Waals surface area contributed by atoms with Crippen LogP contribution in [-0.2, 0) is 0 Å². The molecule has 0 spiro atoms. The van der Waals surface area contributed by atoms with Gasteiger partial charge in [0.1, 0.15) is 0 Å². The van der Waals surface area contributed by atoms with Crippen molar-refractivity contribution in [3.05, 3.63) is 63.6 Å². The average Bonchev–Trinajstić information content (AvgIpc) is 2.35. The maximum Gasteiger partial charge on any atom is 0.198 e. The van der Waals surface area contributed by atoms with Crippen LogP contribution in [0.25, 0.3) is 0 Å². The minimum Gasteiger partial charge on any atom is -0.398 e. The van der Waals surface area contributed by atoms with Crippen LogP contribution < -0.4 is 5.73 Å². The van der Waals surface area contributed by atoms with Gasteiger partial charge >= 0.3 is 0 Å². The Bertz CT molecular complexity index is 624. The summed E-state index contributed by atoms with van der Waals surface area (Å²) in [6.07, 6.45) is 0. The molecule has 0 unspecified atom stereocenters.